The topological polar surface area (TPSA) is 42.0 Å². The van der Waals surface area contributed by atoms with Gasteiger partial charge >= 0.3 is 0 Å². The zero-order chi connectivity index (χ0) is 20.1. The van der Waals surface area contributed by atoms with Crippen LogP contribution < -0.4 is 9.47 Å². The van der Waals surface area contributed by atoms with Gasteiger partial charge in [-0.3, -0.25) is 9.69 Å². The maximum Gasteiger partial charge on any atom is 0.263 e. The van der Waals surface area contributed by atoms with Crippen LogP contribution in [0, 0.1) is 11.6 Å². The summed E-state index contributed by atoms with van der Waals surface area (Å²) in [6.07, 6.45) is -0.766. The van der Waals surface area contributed by atoms with Crippen LogP contribution in [-0.4, -0.2) is 55.1 Å². The Morgan fingerprint density at radius 1 is 1.00 bits per heavy atom. The number of hydrogen-bond acceptors (Lipinski definition) is 4. The van der Waals surface area contributed by atoms with Crippen molar-refractivity contribution in [2.24, 2.45) is 0 Å². The molecular weight excluding hydrogens is 366 g/mol. The minimum atomic E-state index is -0.996. The molecule has 0 spiro atoms. The minimum absolute atomic E-state index is 0.137. The molecule has 0 saturated carbocycles. The van der Waals surface area contributed by atoms with Crippen molar-refractivity contribution in [1.82, 2.24) is 9.80 Å². The highest BCUT2D eigenvalue weighted by molar-refractivity contribution is 5.81. The molecule has 0 N–H and O–H groups in total. The Balaban J connectivity index is 1.49. The summed E-state index contributed by atoms with van der Waals surface area (Å²) < 4.78 is 36.9. The Hall–Kier alpha value is -2.67. The van der Waals surface area contributed by atoms with Gasteiger partial charge in [-0.1, -0.05) is 12.1 Å². The third-order valence-electron chi connectivity index (χ3n) is 4.80. The number of methoxy groups -OCH3 is 1. The number of amides is 1. The van der Waals surface area contributed by atoms with Gasteiger partial charge in [0.05, 0.1) is 7.11 Å². The van der Waals surface area contributed by atoms with E-state index in [9.17, 15) is 13.6 Å². The summed E-state index contributed by atoms with van der Waals surface area (Å²) in [5.41, 5.74) is 1.19. The quantitative estimate of drug-likeness (QED) is 0.760. The number of benzene rings is 2. The van der Waals surface area contributed by atoms with Gasteiger partial charge in [0.2, 0.25) is 0 Å². The molecule has 1 aliphatic rings. The second-order valence-electron chi connectivity index (χ2n) is 6.79. The van der Waals surface area contributed by atoms with Crippen LogP contribution in [0.5, 0.6) is 11.5 Å². The molecule has 1 amide bonds. The molecule has 5 nitrogen and oxygen atoms in total. The van der Waals surface area contributed by atoms with E-state index in [1.54, 1.807) is 18.9 Å². The number of carbonyl (C=O) groups is 1. The fourth-order valence-electron chi connectivity index (χ4n) is 3.18. The summed E-state index contributed by atoms with van der Waals surface area (Å²) in [5, 5.41) is 0. The molecule has 1 saturated heterocycles. The van der Waals surface area contributed by atoms with Crippen LogP contribution >= 0.6 is 0 Å². The Labute approximate surface area is 163 Å². The molecular formula is C21H24F2N2O3. The van der Waals surface area contributed by atoms with Crippen molar-refractivity contribution in [3.05, 3.63) is 59.7 Å². The molecule has 1 fully saturated rings. The van der Waals surface area contributed by atoms with Gasteiger partial charge in [0.15, 0.2) is 17.7 Å². The highest BCUT2D eigenvalue weighted by atomic mass is 19.2. The Morgan fingerprint density at radius 3 is 2.25 bits per heavy atom. The summed E-state index contributed by atoms with van der Waals surface area (Å²) in [5.74, 6) is -1.13. The van der Waals surface area contributed by atoms with Crippen LogP contribution in [0.4, 0.5) is 8.78 Å². The molecule has 1 heterocycles. The molecule has 2 aromatic rings. The predicted molar refractivity (Wildman–Crippen MR) is 101 cm³/mol. The lowest BCUT2D eigenvalue weighted by Crippen LogP contribution is -2.51. The standard InChI is InChI=1S/C21H24F2N2O3/c1-15(28-18-7-8-19(22)20(23)13-18)21(26)25-11-9-24(10-12-25)14-16-3-5-17(27-2)6-4-16/h3-8,13,15H,9-12,14H2,1-2H3. The van der Waals surface area contributed by atoms with E-state index in [1.807, 2.05) is 24.3 Å². The lowest BCUT2D eigenvalue weighted by Gasteiger charge is -2.35. The molecule has 0 aliphatic carbocycles. The summed E-state index contributed by atoms with van der Waals surface area (Å²) in [7, 11) is 1.64. The van der Waals surface area contributed by atoms with E-state index in [0.717, 1.165) is 37.5 Å². The van der Waals surface area contributed by atoms with Gasteiger partial charge in [0.25, 0.3) is 5.91 Å². The van der Waals surface area contributed by atoms with E-state index in [0.29, 0.717) is 13.1 Å². The maximum absolute atomic E-state index is 13.3. The van der Waals surface area contributed by atoms with Gasteiger partial charge in [0.1, 0.15) is 11.5 Å². The SMILES string of the molecule is COc1ccc(CN2CCN(C(=O)C(C)Oc3ccc(F)c(F)c3)CC2)cc1. The Morgan fingerprint density at radius 2 is 1.64 bits per heavy atom. The highest BCUT2D eigenvalue weighted by Gasteiger charge is 2.26. The van der Waals surface area contributed by atoms with Crippen molar-refractivity contribution in [1.29, 1.82) is 0 Å². The van der Waals surface area contributed by atoms with Crippen molar-refractivity contribution < 1.29 is 23.0 Å². The van der Waals surface area contributed by atoms with Gasteiger partial charge in [0, 0.05) is 38.8 Å². The van der Waals surface area contributed by atoms with Crippen molar-refractivity contribution in [3.63, 3.8) is 0 Å². The summed E-state index contributed by atoms with van der Waals surface area (Å²) in [6.45, 7) is 5.15. The normalized spacial score (nSPS) is 15.9. The summed E-state index contributed by atoms with van der Waals surface area (Å²) in [6, 6.07) is 11.2. The average Bonchev–Trinajstić information content (AvgIpc) is 2.71. The van der Waals surface area contributed by atoms with Crippen LogP contribution in [0.1, 0.15) is 12.5 Å². The largest absolute Gasteiger partial charge is 0.497 e. The molecule has 1 atom stereocenters. The summed E-state index contributed by atoms with van der Waals surface area (Å²) >= 11 is 0. The second kappa shape index (κ2) is 9.01. The molecule has 28 heavy (non-hydrogen) atoms. The van der Waals surface area contributed by atoms with Gasteiger partial charge in [-0.2, -0.15) is 0 Å². The molecule has 150 valence electrons. The lowest BCUT2D eigenvalue weighted by molar-refractivity contribution is -0.139. The molecule has 0 bridgehead atoms. The number of nitrogens with zero attached hydrogens (tertiary/aromatic N) is 2. The fourth-order valence-corrected chi connectivity index (χ4v) is 3.18. The third kappa shape index (κ3) is 4.98. The molecule has 1 unspecified atom stereocenters. The third-order valence-corrected chi connectivity index (χ3v) is 4.80. The van der Waals surface area contributed by atoms with Crippen LogP contribution in [0.2, 0.25) is 0 Å². The van der Waals surface area contributed by atoms with Crippen molar-refractivity contribution in [2.45, 2.75) is 19.6 Å². The average molecular weight is 390 g/mol. The van der Waals surface area contributed by atoms with Gasteiger partial charge in [-0.15, -0.1) is 0 Å². The maximum atomic E-state index is 13.3. The van der Waals surface area contributed by atoms with E-state index >= 15 is 0 Å². The van der Waals surface area contributed by atoms with E-state index in [2.05, 4.69) is 4.90 Å². The van der Waals surface area contributed by atoms with E-state index in [4.69, 9.17) is 9.47 Å². The monoisotopic (exact) mass is 390 g/mol. The molecule has 7 heteroatoms. The first-order valence-corrected chi connectivity index (χ1v) is 9.22. The smallest absolute Gasteiger partial charge is 0.263 e. The van der Waals surface area contributed by atoms with Gasteiger partial charge < -0.3 is 14.4 Å². The van der Waals surface area contributed by atoms with Gasteiger partial charge in [-0.05, 0) is 36.8 Å². The Kier molecular flexibility index (Phi) is 6.46. The number of rotatable bonds is 6. The van der Waals surface area contributed by atoms with Gasteiger partial charge in [-0.25, -0.2) is 8.78 Å². The van der Waals surface area contributed by atoms with Crippen molar-refractivity contribution >= 4 is 5.91 Å². The summed E-state index contributed by atoms with van der Waals surface area (Å²) in [4.78, 5) is 16.6. The van der Waals surface area contributed by atoms with Crippen molar-refractivity contribution in [3.8, 4) is 11.5 Å². The predicted octanol–water partition coefficient (Wildman–Crippen LogP) is 3.09. The van der Waals surface area contributed by atoms with Crippen LogP contribution in [0.3, 0.4) is 0 Å². The highest BCUT2D eigenvalue weighted by Crippen LogP contribution is 2.18. The Bertz CT molecular complexity index is 806. The van der Waals surface area contributed by atoms with Crippen molar-refractivity contribution in [2.75, 3.05) is 33.3 Å². The number of ether oxygens (including phenoxy) is 2. The molecule has 0 aromatic heterocycles. The van der Waals surface area contributed by atoms with E-state index < -0.39 is 17.7 Å². The number of carbonyl (C=O) groups excluding carboxylic acids is 1. The number of piperazine rings is 1. The molecule has 1 aliphatic heterocycles. The fraction of sp³-hybridized carbons (Fsp3) is 0.381. The number of halogens is 2. The van der Waals surface area contributed by atoms with Crippen LogP contribution in [0.15, 0.2) is 42.5 Å². The van der Waals surface area contributed by atoms with Crippen LogP contribution in [0.25, 0.3) is 0 Å². The zero-order valence-corrected chi connectivity index (χ0v) is 16.0. The molecule has 2 aromatic carbocycles. The van der Waals surface area contributed by atoms with E-state index in [-0.39, 0.29) is 11.7 Å². The second-order valence-corrected chi connectivity index (χ2v) is 6.79. The van der Waals surface area contributed by atoms with Crippen LogP contribution in [-0.2, 0) is 11.3 Å². The lowest BCUT2D eigenvalue weighted by atomic mass is 10.2. The molecule has 0 radical (unpaired) electrons. The first-order chi connectivity index (χ1) is 13.5. The van der Waals surface area contributed by atoms with E-state index in [1.165, 1.54) is 11.6 Å². The number of hydrogen-bond donors (Lipinski definition) is 0. The first-order valence-electron chi connectivity index (χ1n) is 9.22. The molecule has 3 rings (SSSR count). The first kappa shape index (κ1) is 20.1. The minimum Gasteiger partial charge on any atom is -0.497 e. The zero-order valence-electron chi connectivity index (χ0n) is 16.0.